The summed E-state index contributed by atoms with van der Waals surface area (Å²) < 4.78 is 6.08. The molecule has 1 atom stereocenters. The first-order chi connectivity index (χ1) is 27.2. The lowest BCUT2D eigenvalue weighted by molar-refractivity contribution is -0.136. The van der Waals surface area contributed by atoms with Crippen molar-refractivity contribution in [3.05, 3.63) is 87.6 Å². The fourth-order valence-electron chi connectivity index (χ4n) is 8.67. The Labute approximate surface area is 331 Å². The van der Waals surface area contributed by atoms with E-state index in [1.807, 2.05) is 18.2 Å². The number of imide groups is 1. The van der Waals surface area contributed by atoms with Crippen molar-refractivity contribution >= 4 is 46.6 Å². The van der Waals surface area contributed by atoms with Crippen molar-refractivity contribution in [3.8, 4) is 11.8 Å². The number of amides is 4. The van der Waals surface area contributed by atoms with Gasteiger partial charge in [-0.25, -0.2) is 0 Å². The summed E-state index contributed by atoms with van der Waals surface area (Å²) in [6, 6.07) is 16.2. The standard InChI is InChI=1S/C42H45ClN8O5/c43-35-22-33(5-1-29(35)23-44)56-32-6-3-31(4-7-32)45-40(53)36-9-11-38(48-47-36)50-19-13-26(14-20-50)24-49-17-15-27(16-18-49)28-2-8-34-30(21-28)25-51(42(34)55)37-10-12-39(52)46-41(37)54/h1-2,5,8-9,11,15,21-22,26,31-32,37H,3-4,6-7,10,12-14,16-20,24-25H2,(H,45,53)(H,46,52,54). The molecule has 1 saturated carbocycles. The van der Waals surface area contributed by atoms with Crippen LogP contribution in [-0.4, -0.2) is 94.5 Å². The van der Waals surface area contributed by atoms with Crippen LogP contribution in [0.3, 0.4) is 0 Å². The second-order valence-electron chi connectivity index (χ2n) is 15.5. The third-order valence-corrected chi connectivity index (χ3v) is 12.2. The van der Waals surface area contributed by atoms with Gasteiger partial charge < -0.3 is 19.9 Å². The van der Waals surface area contributed by atoms with Crippen LogP contribution in [0.25, 0.3) is 5.57 Å². The van der Waals surface area contributed by atoms with E-state index in [4.69, 9.17) is 21.6 Å². The maximum atomic E-state index is 13.1. The number of nitriles is 1. The molecule has 3 fully saturated rings. The van der Waals surface area contributed by atoms with Gasteiger partial charge in [-0.15, -0.1) is 10.2 Å². The molecule has 1 unspecified atom stereocenters. The topological polar surface area (TPSA) is 161 Å². The van der Waals surface area contributed by atoms with Gasteiger partial charge in [-0.05, 0) is 110 Å². The van der Waals surface area contributed by atoms with Crippen molar-refractivity contribution in [3.63, 3.8) is 0 Å². The van der Waals surface area contributed by atoms with Gasteiger partial charge in [0.1, 0.15) is 17.9 Å². The molecular weight excluding hydrogens is 732 g/mol. The van der Waals surface area contributed by atoms with Crippen molar-refractivity contribution in [2.75, 3.05) is 37.6 Å². The van der Waals surface area contributed by atoms with Gasteiger partial charge in [0.15, 0.2) is 11.5 Å². The van der Waals surface area contributed by atoms with Crippen LogP contribution in [-0.2, 0) is 16.1 Å². The molecule has 8 rings (SSSR count). The molecule has 13 nitrogen and oxygen atoms in total. The number of anilines is 1. The zero-order chi connectivity index (χ0) is 38.8. The Bertz CT molecular complexity index is 2080. The van der Waals surface area contributed by atoms with E-state index >= 15 is 0 Å². The Kier molecular flexibility index (Phi) is 11.0. The molecule has 0 radical (unpaired) electrons. The Morgan fingerprint density at radius 2 is 1.77 bits per heavy atom. The van der Waals surface area contributed by atoms with Gasteiger partial charge in [-0.3, -0.25) is 29.4 Å². The summed E-state index contributed by atoms with van der Waals surface area (Å²) in [6.07, 6.45) is 9.18. The summed E-state index contributed by atoms with van der Waals surface area (Å²) in [5, 5.41) is 23.7. The number of benzene rings is 2. The number of hydrogen-bond donors (Lipinski definition) is 2. The number of aromatic nitrogens is 2. The van der Waals surface area contributed by atoms with E-state index in [9.17, 15) is 19.2 Å². The highest BCUT2D eigenvalue weighted by molar-refractivity contribution is 6.31. The summed E-state index contributed by atoms with van der Waals surface area (Å²) in [5.74, 6) is 0.997. The SMILES string of the molecule is N#Cc1ccc(OC2CCC(NC(=O)c3ccc(N4CCC(CN5CC=C(c6ccc7c(c6)CN(C6CCC(=O)NC6=O)C7=O)CC5)CC4)nn3)CC2)cc1Cl. The third kappa shape index (κ3) is 8.27. The summed E-state index contributed by atoms with van der Waals surface area (Å²) in [6.45, 7) is 5.07. The Morgan fingerprint density at radius 3 is 2.46 bits per heavy atom. The van der Waals surface area contributed by atoms with Crippen LogP contribution in [0.5, 0.6) is 5.75 Å². The van der Waals surface area contributed by atoms with Gasteiger partial charge in [0.2, 0.25) is 11.8 Å². The van der Waals surface area contributed by atoms with E-state index < -0.39 is 6.04 Å². The quantitative estimate of drug-likeness (QED) is 0.287. The lowest BCUT2D eigenvalue weighted by Crippen LogP contribution is -2.52. The fraction of sp³-hybridized carbons (Fsp3) is 0.452. The number of nitrogens with zero attached hydrogens (tertiary/aromatic N) is 6. The third-order valence-electron chi connectivity index (χ3n) is 11.9. The first-order valence-corrected chi connectivity index (χ1v) is 20.0. The zero-order valence-corrected chi connectivity index (χ0v) is 32.0. The van der Waals surface area contributed by atoms with Gasteiger partial charge >= 0.3 is 0 Å². The van der Waals surface area contributed by atoms with Crippen LogP contribution >= 0.6 is 11.6 Å². The molecule has 2 saturated heterocycles. The predicted octanol–water partition coefficient (Wildman–Crippen LogP) is 4.89. The molecule has 0 bridgehead atoms. The molecule has 0 spiro atoms. The number of carbonyl (C=O) groups excluding carboxylic acids is 4. The smallest absolute Gasteiger partial charge is 0.272 e. The minimum absolute atomic E-state index is 0.0278. The second kappa shape index (κ2) is 16.4. The van der Waals surface area contributed by atoms with E-state index in [1.165, 1.54) is 5.57 Å². The van der Waals surface area contributed by atoms with Gasteiger partial charge in [0.25, 0.3) is 11.8 Å². The minimum atomic E-state index is -0.606. The molecular formula is C42H45ClN8O5. The van der Waals surface area contributed by atoms with E-state index in [0.717, 1.165) is 94.6 Å². The van der Waals surface area contributed by atoms with Crippen LogP contribution in [0.1, 0.15) is 95.3 Å². The molecule has 1 aliphatic carbocycles. The number of halogens is 1. The normalized spacial score (nSPS) is 23.2. The molecule has 4 amide bonds. The van der Waals surface area contributed by atoms with Crippen LogP contribution in [0.15, 0.2) is 54.6 Å². The van der Waals surface area contributed by atoms with Gasteiger partial charge in [0.05, 0.1) is 16.7 Å². The summed E-state index contributed by atoms with van der Waals surface area (Å²) in [5.41, 5.74) is 4.72. The number of hydrogen-bond acceptors (Lipinski definition) is 10. The van der Waals surface area contributed by atoms with Gasteiger partial charge in [-0.2, -0.15) is 5.26 Å². The van der Waals surface area contributed by atoms with Crippen LogP contribution < -0.4 is 20.3 Å². The highest BCUT2D eigenvalue weighted by Crippen LogP contribution is 2.33. The molecule has 56 heavy (non-hydrogen) atoms. The number of fused-ring (bicyclic) bond motifs is 1. The zero-order valence-electron chi connectivity index (χ0n) is 31.2. The first kappa shape index (κ1) is 37.6. The average molecular weight is 777 g/mol. The monoisotopic (exact) mass is 776 g/mol. The summed E-state index contributed by atoms with van der Waals surface area (Å²) >= 11 is 6.15. The highest BCUT2D eigenvalue weighted by Gasteiger charge is 2.39. The molecule has 1 aromatic heterocycles. The minimum Gasteiger partial charge on any atom is -0.490 e. The maximum Gasteiger partial charge on any atom is 0.272 e. The lowest BCUT2D eigenvalue weighted by atomic mass is 9.92. The number of rotatable bonds is 9. The molecule has 290 valence electrons. The van der Waals surface area contributed by atoms with Crippen LogP contribution in [0.2, 0.25) is 5.02 Å². The summed E-state index contributed by atoms with van der Waals surface area (Å²) in [4.78, 5) is 56.5. The van der Waals surface area contributed by atoms with Crippen molar-refractivity contribution in [1.82, 2.24) is 30.6 Å². The molecule has 3 aromatic rings. The fourth-order valence-corrected chi connectivity index (χ4v) is 8.89. The Morgan fingerprint density at radius 1 is 0.946 bits per heavy atom. The molecule has 4 aliphatic heterocycles. The van der Waals surface area contributed by atoms with Gasteiger partial charge in [-0.1, -0.05) is 23.7 Å². The van der Waals surface area contributed by atoms with Crippen molar-refractivity contribution < 1.29 is 23.9 Å². The van der Waals surface area contributed by atoms with Gasteiger partial charge in [0, 0.05) is 63.4 Å². The second-order valence-corrected chi connectivity index (χ2v) is 15.9. The number of ether oxygens (including phenoxy) is 1. The highest BCUT2D eigenvalue weighted by atomic mass is 35.5. The van der Waals surface area contributed by atoms with Crippen LogP contribution in [0.4, 0.5) is 5.82 Å². The Balaban J connectivity index is 0.759. The number of piperidine rings is 2. The average Bonchev–Trinajstić information content (AvgIpc) is 3.54. The summed E-state index contributed by atoms with van der Waals surface area (Å²) in [7, 11) is 0. The largest absolute Gasteiger partial charge is 0.490 e. The Hall–Kier alpha value is -5.32. The molecule has 14 heteroatoms. The molecule has 2 aromatic carbocycles. The van der Waals surface area contributed by atoms with E-state index in [1.54, 1.807) is 29.2 Å². The van der Waals surface area contributed by atoms with Crippen molar-refractivity contribution in [1.29, 1.82) is 5.26 Å². The first-order valence-electron chi connectivity index (χ1n) is 19.7. The van der Waals surface area contributed by atoms with E-state index in [2.05, 4.69) is 48.8 Å². The lowest BCUT2D eigenvalue weighted by Gasteiger charge is -2.36. The van der Waals surface area contributed by atoms with Crippen LogP contribution in [0, 0.1) is 17.2 Å². The molecule has 2 N–H and O–H groups in total. The van der Waals surface area contributed by atoms with E-state index in [-0.39, 0.29) is 42.2 Å². The van der Waals surface area contributed by atoms with Crippen molar-refractivity contribution in [2.45, 2.75) is 82.5 Å². The number of carbonyl (C=O) groups is 4. The maximum absolute atomic E-state index is 13.1. The van der Waals surface area contributed by atoms with E-state index in [0.29, 0.717) is 46.5 Å². The molecule has 5 aliphatic rings. The van der Waals surface area contributed by atoms with Crippen molar-refractivity contribution in [2.24, 2.45) is 5.92 Å². The molecule has 5 heterocycles. The predicted molar refractivity (Wildman–Crippen MR) is 209 cm³/mol. The number of nitrogens with one attached hydrogen (secondary N) is 2.